The molecular weight excluding hydrogens is 568 g/mol. The minimum absolute atomic E-state index is 0.0780. The van der Waals surface area contributed by atoms with Gasteiger partial charge in [0.1, 0.15) is 0 Å². The minimum Gasteiger partial charge on any atom is -0.466 e. The van der Waals surface area contributed by atoms with Gasteiger partial charge >= 0.3 is 5.97 Å². The second-order valence-electron chi connectivity index (χ2n) is 14.3. The van der Waals surface area contributed by atoms with Crippen LogP contribution < -0.4 is 5.32 Å². The van der Waals surface area contributed by atoms with Crippen LogP contribution in [0, 0.1) is 0 Å². The van der Waals surface area contributed by atoms with Crippen molar-refractivity contribution in [1.29, 1.82) is 0 Å². The van der Waals surface area contributed by atoms with Gasteiger partial charge in [-0.2, -0.15) is 0 Å². The highest BCUT2D eigenvalue weighted by atomic mass is 16.5. The molecule has 0 aliphatic rings. The molecule has 1 atom stereocenters. The first-order valence-electron chi connectivity index (χ1n) is 20.9. The molecule has 0 saturated heterocycles. The number of carbonyl (C=O) groups excluding carboxylic acids is 1. The smallest absolute Gasteiger partial charge is 0.305 e. The molecule has 0 bridgehead atoms. The topological polar surface area (TPSA) is 61.8 Å². The highest BCUT2D eigenvalue weighted by Gasteiger charge is 2.12. The van der Waals surface area contributed by atoms with Gasteiger partial charge < -0.3 is 20.1 Å². The largest absolute Gasteiger partial charge is 0.466 e. The van der Waals surface area contributed by atoms with Gasteiger partial charge in [0.25, 0.3) is 0 Å². The number of nitrogens with zero attached hydrogens (tertiary/aromatic N) is 1. The number of ether oxygens (including phenoxy) is 1. The van der Waals surface area contributed by atoms with Crippen LogP contribution in [-0.2, 0) is 9.53 Å². The van der Waals surface area contributed by atoms with E-state index in [1.165, 1.54) is 173 Å². The molecule has 0 aromatic rings. The zero-order valence-electron chi connectivity index (χ0n) is 31.7. The number of unbranched alkanes of at least 4 members (excludes halogenated alkanes) is 25. The number of hydrogen-bond acceptors (Lipinski definition) is 5. The molecule has 0 fully saturated rings. The summed E-state index contributed by atoms with van der Waals surface area (Å²) in [5.74, 6) is -0.0780. The third-order valence-corrected chi connectivity index (χ3v) is 9.50. The summed E-state index contributed by atoms with van der Waals surface area (Å²) in [5.41, 5.74) is 0. The first-order chi connectivity index (χ1) is 22.6. The van der Waals surface area contributed by atoms with Crippen LogP contribution >= 0.6 is 0 Å². The molecule has 0 aliphatic heterocycles. The minimum atomic E-state index is -0.360. The second-order valence-corrected chi connectivity index (χ2v) is 14.3. The summed E-state index contributed by atoms with van der Waals surface area (Å²) in [6, 6.07) is 0. The molecule has 46 heavy (non-hydrogen) atoms. The molecule has 5 heteroatoms. The Hall–Kier alpha value is -0.650. The Morgan fingerprint density at radius 3 is 1.37 bits per heavy atom. The van der Waals surface area contributed by atoms with Gasteiger partial charge in [0.15, 0.2) is 0 Å². The fourth-order valence-corrected chi connectivity index (χ4v) is 6.42. The molecule has 2 N–H and O–H groups in total. The molecule has 0 heterocycles. The lowest BCUT2D eigenvalue weighted by atomic mass is 10.0. The molecule has 0 aliphatic carbocycles. The zero-order valence-corrected chi connectivity index (χ0v) is 31.7. The van der Waals surface area contributed by atoms with Gasteiger partial charge in [0.05, 0.1) is 12.7 Å². The highest BCUT2D eigenvalue weighted by molar-refractivity contribution is 5.69. The lowest BCUT2D eigenvalue weighted by Gasteiger charge is -2.25. The van der Waals surface area contributed by atoms with Crippen LogP contribution in [-0.4, -0.2) is 61.4 Å². The quantitative estimate of drug-likeness (QED) is 0.0511. The van der Waals surface area contributed by atoms with Crippen molar-refractivity contribution < 1.29 is 14.6 Å². The van der Waals surface area contributed by atoms with Crippen LogP contribution in [0.5, 0.6) is 0 Å². The zero-order chi connectivity index (χ0) is 33.6. The number of aliphatic hydroxyl groups excluding tert-OH is 1. The molecular formula is C41H84N2O3. The maximum absolute atomic E-state index is 12.1. The van der Waals surface area contributed by atoms with Crippen LogP contribution in [0.2, 0.25) is 0 Å². The molecule has 1 unspecified atom stereocenters. The van der Waals surface area contributed by atoms with Crippen LogP contribution in [0.25, 0.3) is 0 Å². The van der Waals surface area contributed by atoms with Crippen LogP contribution in [0.4, 0.5) is 0 Å². The molecule has 0 spiro atoms. The Morgan fingerprint density at radius 2 is 0.913 bits per heavy atom. The van der Waals surface area contributed by atoms with Crippen molar-refractivity contribution in [3.8, 4) is 0 Å². The number of esters is 1. The predicted molar refractivity (Wildman–Crippen MR) is 202 cm³/mol. The molecule has 5 nitrogen and oxygen atoms in total. The van der Waals surface area contributed by atoms with E-state index in [2.05, 4.69) is 31.0 Å². The SMILES string of the molecule is CCCCCCCCCCCCCCCOC(=O)CCCNCC(O)CN(CCCCC)CCCCCCCCCCCCCC. The average Bonchev–Trinajstić information content (AvgIpc) is 3.05. The fourth-order valence-electron chi connectivity index (χ4n) is 6.42. The number of aliphatic hydroxyl groups is 1. The van der Waals surface area contributed by atoms with E-state index in [0.29, 0.717) is 19.6 Å². The summed E-state index contributed by atoms with van der Waals surface area (Å²) in [6.07, 6.45) is 38.4. The third-order valence-electron chi connectivity index (χ3n) is 9.50. The van der Waals surface area contributed by atoms with Crippen LogP contribution in [0.15, 0.2) is 0 Å². The monoisotopic (exact) mass is 653 g/mol. The lowest BCUT2D eigenvalue weighted by molar-refractivity contribution is -0.143. The predicted octanol–water partition coefficient (Wildman–Crippen LogP) is 11.5. The van der Waals surface area contributed by atoms with Crippen molar-refractivity contribution in [2.24, 2.45) is 0 Å². The van der Waals surface area contributed by atoms with Crippen molar-refractivity contribution in [1.82, 2.24) is 10.2 Å². The number of nitrogens with one attached hydrogen (secondary N) is 1. The van der Waals surface area contributed by atoms with Gasteiger partial charge in [-0.05, 0) is 45.3 Å². The molecule has 0 aromatic carbocycles. The van der Waals surface area contributed by atoms with E-state index in [-0.39, 0.29) is 12.1 Å². The number of rotatable bonds is 39. The number of hydrogen-bond donors (Lipinski definition) is 2. The van der Waals surface area contributed by atoms with E-state index in [9.17, 15) is 9.90 Å². The molecule has 0 radical (unpaired) electrons. The molecule has 0 rings (SSSR count). The van der Waals surface area contributed by atoms with Crippen molar-refractivity contribution in [2.45, 2.75) is 219 Å². The first kappa shape index (κ1) is 45.3. The number of carbonyl (C=O) groups is 1. The normalized spacial score (nSPS) is 12.3. The summed E-state index contributed by atoms with van der Waals surface area (Å²) >= 11 is 0. The molecule has 0 aromatic heterocycles. The Balaban J connectivity index is 3.71. The van der Waals surface area contributed by atoms with Crippen molar-refractivity contribution >= 4 is 5.97 Å². The van der Waals surface area contributed by atoms with E-state index >= 15 is 0 Å². The maximum Gasteiger partial charge on any atom is 0.305 e. The van der Waals surface area contributed by atoms with Crippen LogP contribution in [0.3, 0.4) is 0 Å². The van der Waals surface area contributed by atoms with E-state index in [1.54, 1.807) is 0 Å². The van der Waals surface area contributed by atoms with E-state index in [0.717, 1.165) is 39.0 Å². The summed E-state index contributed by atoms with van der Waals surface area (Å²) < 4.78 is 5.44. The summed E-state index contributed by atoms with van der Waals surface area (Å²) in [6.45, 7) is 11.7. The lowest BCUT2D eigenvalue weighted by Crippen LogP contribution is -2.39. The summed E-state index contributed by atoms with van der Waals surface area (Å²) in [4.78, 5) is 14.6. The van der Waals surface area contributed by atoms with E-state index in [1.807, 2.05) is 0 Å². The fraction of sp³-hybridized carbons (Fsp3) is 0.976. The maximum atomic E-state index is 12.1. The summed E-state index contributed by atoms with van der Waals surface area (Å²) in [7, 11) is 0. The molecule has 0 amide bonds. The molecule has 0 saturated carbocycles. The van der Waals surface area contributed by atoms with Crippen molar-refractivity contribution in [3.63, 3.8) is 0 Å². The average molecular weight is 653 g/mol. The third kappa shape index (κ3) is 36.2. The summed E-state index contributed by atoms with van der Waals surface area (Å²) in [5, 5.41) is 14.0. The van der Waals surface area contributed by atoms with Crippen molar-refractivity contribution in [3.05, 3.63) is 0 Å². The molecule has 276 valence electrons. The van der Waals surface area contributed by atoms with Gasteiger partial charge in [-0.1, -0.05) is 181 Å². The van der Waals surface area contributed by atoms with E-state index < -0.39 is 0 Å². The van der Waals surface area contributed by atoms with Gasteiger partial charge in [-0.3, -0.25) is 4.79 Å². The Morgan fingerprint density at radius 1 is 0.543 bits per heavy atom. The van der Waals surface area contributed by atoms with Crippen LogP contribution in [0.1, 0.15) is 213 Å². The van der Waals surface area contributed by atoms with Gasteiger partial charge in [-0.25, -0.2) is 0 Å². The van der Waals surface area contributed by atoms with Gasteiger partial charge in [0, 0.05) is 19.5 Å². The van der Waals surface area contributed by atoms with Crippen molar-refractivity contribution in [2.75, 3.05) is 39.3 Å². The Labute approximate surface area is 289 Å². The Kier molecular flexibility index (Phi) is 38.2. The first-order valence-corrected chi connectivity index (χ1v) is 20.9. The standard InChI is InChI=1S/C41H84N2O3/c1-4-7-10-12-14-16-18-20-22-24-26-28-31-37-46-41(45)33-32-34-42-38-40(44)39-43(35-29-9-6-3)36-30-27-25-23-21-19-17-15-13-11-8-5-2/h40,42,44H,4-39H2,1-3H3. The Bertz CT molecular complexity index is 588. The van der Waals surface area contributed by atoms with E-state index in [4.69, 9.17) is 4.74 Å². The van der Waals surface area contributed by atoms with Gasteiger partial charge in [-0.15, -0.1) is 0 Å². The second kappa shape index (κ2) is 38.8. The van der Waals surface area contributed by atoms with Gasteiger partial charge in [0.2, 0.25) is 0 Å². The highest BCUT2D eigenvalue weighted by Crippen LogP contribution is 2.14.